The van der Waals surface area contributed by atoms with E-state index in [1.807, 2.05) is 6.92 Å². The first-order valence-electron chi connectivity index (χ1n) is 6.68. The molecule has 2 nitrogen and oxygen atoms in total. The summed E-state index contributed by atoms with van der Waals surface area (Å²) in [4.78, 5) is 2.66. The fourth-order valence-corrected chi connectivity index (χ4v) is 2.56. The largest absolute Gasteiger partial charge is 0.303 e. The van der Waals surface area contributed by atoms with Crippen molar-refractivity contribution in [2.24, 2.45) is 0 Å². The summed E-state index contributed by atoms with van der Waals surface area (Å²) in [6.07, 6.45) is 5.13. The molecule has 0 aromatic heterocycles. The molecular weight excluding hydrogens is 196 g/mol. The number of nitrogens with zero attached hydrogens (tertiary/aromatic N) is 1. The summed E-state index contributed by atoms with van der Waals surface area (Å²) in [7, 11) is 0. The minimum Gasteiger partial charge on any atom is -0.303 e. The van der Waals surface area contributed by atoms with Crippen LogP contribution in [-0.4, -0.2) is 36.6 Å². The van der Waals surface area contributed by atoms with Crippen LogP contribution in [0.15, 0.2) is 0 Å². The maximum absolute atomic E-state index is 3.52. The van der Waals surface area contributed by atoms with Crippen molar-refractivity contribution in [1.82, 2.24) is 10.2 Å². The maximum Gasteiger partial charge on any atom is 0.0578 e. The first-order chi connectivity index (χ1) is 7.81. The predicted octanol–water partition coefficient (Wildman–Crippen LogP) is 2.25. The first-order valence-corrected chi connectivity index (χ1v) is 6.68. The summed E-state index contributed by atoms with van der Waals surface area (Å²) in [5.41, 5.74) is 0. The van der Waals surface area contributed by atoms with Crippen LogP contribution in [-0.2, 0) is 0 Å². The van der Waals surface area contributed by atoms with E-state index in [4.69, 9.17) is 0 Å². The number of piperidine rings is 1. The van der Waals surface area contributed by atoms with Crippen molar-refractivity contribution in [3.63, 3.8) is 0 Å². The molecule has 1 N–H and O–H groups in total. The summed E-state index contributed by atoms with van der Waals surface area (Å²) in [6, 6.07) is 1.49. The Morgan fingerprint density at radius 2 is 1.88 bits per heavy atom. The van der Waals surface area contributed by atoms with E-state index in [1.54, 1.807) is 0 Å². The highest BCUT2D eigenvalue weighted by atomic mass is 15.2. The highest BCUT2D eigenvalue weighted by molar-refractivity contribution is 4.98. The molecule has 2 heteroatoms. The van der Waals surface area contributed by atoms with Crippen molar-refractivity contribution in [2.45, 2.75) is 58.5 Å². The second-order valence-electron chi connectivity index (χ2n) is 4.59. The van der Waals surface area contributed by atoms with Gasteiger partial charge in [-0.1, -0.05) is 19.8 Å². The van der Waals surface area contributed by atoms with Gasteiger partial charge in [-0.2, -0.15) is 0 Å². The van der Waals surface area contributed by atoms with Gasteiger partial charge in [-0.05, 0) is 45.7 Å². The van der Waals surface area contributed by atoms with Gasteiger partial charge in [-0.3, -0.25) is 0 Å². The molecular formula is C14H26N2. The van der Waals surface area contributed by atoms with Crippen molar-refractivity contribution >= 4 is 0 Å². The van der Waals surface area contributed by atoms with E-state index < -0.39 is 0 Å². The highest BCUT2D eigenvalue weighted by Crippen LogP contribution is 2.16. The lowest BCUT2D eigenvalue weighted by molar-refractivity contribution is 0.137. The molecule has 1 rings (SSSR count). The number of likely N-dealkylation sites (tertiary alicyclic amines) is 1. The predicted molar refractivity (Wildman–Crippen MR) is 70.4 cm³/mol. The Kier molecular flexibility index (Phi) is 6.52. The Bertz CT molecular complexity index is 227. The molecule has 16 heavy (non-hydrogen) atoms. The zero-order chi connectivity index (χ0) is 11.8. The van der Waals surface area contributed by atoms with Gasteiger partial charge in [0.1, 0.15) is 0 Å². The van der Waals surface area contributed by atoms with Crippen molar-refractivity contribution in [3.05, 3.63) is 0 Å². The second-order valence-corrected chi connectivity index (χ2v) is 4.59. The van der Waals surface area contributed by atoms with Crippen molar-refractivity contribution in [3.8, 4) is 11.8 Å². The van der Waals surface area contributed by atoms with E-state index in [2.05, 4.69) is 35.9 Å². The summed E-state index contributed by atoms with van der Waals surface area (Å²) in [5.74, 6) is 6.01. The molecule has 92 valence electrons. The van der Waals surface area contributed by atoms with E-state index in [1.165, 1.54) is 38.8 Å². The molecule has 0 aromatic rings. The third-order valence-electron chi connectivity index (χ3n) is 3.64. The van der Waals surface area contributed by atoms with Crippen LogP contribution in [0, 0.1) is 11.8 Å². The standard InChI is InChI=1S/C14H26N2/c1-4-7-10-15-13-8-11-16(12-9-13)14(5-2)6-3/h13-15H,5-6,8-12H2,1-3H3. The Morgan fingerprint density at radius 1 is 1.25 bits per heavy atom. The molecule has 0 radical (unpaired) electrons. The number of hydrogen-bond donors (Lipinski definition) is 1. The van der Waals surface area contributed by atoms with E-state index in [0.717, 1.165) is 12.6 Å². The summed E-state index contributed by atoms with van der Waals surface area (Å²) < 4.78 is 0. The number of rotatable bonds is 5. The molecule has 0 atom stereocenters. The number of hydrogen-bond acceptors (Lipinski definition) is 2. The van der Waals surface area contributed by atoms with E-state index >= 15 is 0 Å². The minimum atomic E-state index is 0.687. The lowest BCUT2D eigenvalue weighted by Gasteiger charge is -2.37. The van der Waals surface area contributed by atoms with Crippen molar-refractivity contribution in [2.75, 3.05) is 19.6 Å². The van der Waals surface area contributed by atoms with Crippen LogP contribution in [0.4, 0.5) is 0 Å². The highest BCUT2D eigenvalue weighted by Gasteiger charge is 2.22. The Morgan fingerprint density at radius 3 is 2.38 bits per heavy atom. The van der Waals surface area contributed by atoms with Crippen LogP contribution >= 0.6 is 0 Å². The van der Waals surface area contributed by atoms with Gasteiger partial charge < -0.3 is 10.2 Å². The second kappa shape index (κ2) is 7.70. The first kappa shape index (κ1) is 13.5. The van der Waals surface area contributed by atoms with Crippen LogP contribution in [0.1, 0.15) is 46.5 Å². The van der Waals surface area contributed by atoms with Gasteiger partial charge in [0.2, 0.25) is 0 Å². The monoisotopic (exact) mass is 222 g/mol. The SMILES string of the molecule is CC#CCNC1CCN(C(CC)CC)CC1. The van der Waals surface area contributed by atoms with E-state index in [0.29, 0.717) is 6.04 Å². The van der Waals surface area contributed by atoms with E-state index in [-0.39, 0.29) is 0 Å². The van der Waals surface area contributed by atoms with Crippen LogP contribution < -0.4 is 5.32 Å². The van der Waals surface area contributed by atoms with Gasteiger partial charge in [0.15, 0.2) is 0 Å². The molecule has 1 fully saturated rings. The fraction of sp³-hybridized carbons (Fsp3) is 0.857. The molecule has 0 unspecified atom stereocenters. The molecule has 0 aliphatic carbocycles. The quantitative estimate of drug-likeness (QED) is 0.718. The third kappa shape index (κ3) is 4.15. The molecule has 0 aromatic carbocycles. The average Bonchev–Trinajstić information content (AvgIpc) is 2.33. The maximum atomic E-state index is 3.52. The average molecular weight is 222 g/mol. The van der Waals surface area contributed by atoms with E-state index in [9.17, 15) is 0 Å². The topological polar surface area (TPSA) is 15.3 Å². The van der Waals surface area contributed by atoms with Crippen LogP contribution in [0.2, 0.25) is 0 Å². The van der Waals surface area contributed by atoms with Crippen LogP contribution in [0.5, 0.6) is 0 Å². The van der Waals surface area contributed by atoms with Crippen LogP contribution in [0.25, 0.3) is 0 Å². The Balaban J connectivity index is 2.24. The minimum absolute atomic E-state index is 0.687. The van der Waals surface area contributed by atoms with Crippen molar-refractivity contribution in [1.29, 1.82) is 0 Å². The van der Waals surface area contributed by atoms with Gasteiger partial charge in [0.25, 0.3) is 0 Å². The molecule has 0 amide bonds. The molecule has 1 heterocycles. The summed E-state index contributed by atoms with van der Waals surface area (Å²) in [5, 5.41) is 3.52. The zero-order valence-electron chi connectivity index (χ0n) is 11.1. The number of nitrogens with one attached hydrogen (secondary N) is 1. The third-order valence-corrected chi connectivity index (χ3v) is 3.64. The van der Waals surface area contributed by atoms with Crippen LogP contribution in [0.3, 0.4) is 0 Å². The molecule has 1 aliphatic heterocycles. The Labute approximate surface area is 101 Å². The Hall–Kier alpha value is -0.520. The fourth-order valence-electron chi connectivity index (χ4n) is 2.56. The molecule has 0 spiro atoms. The van der Waals surface area contributed by atoms with Gasteiger partial charge in [0, 0.05) is 12.1 Å². The van der Waals surface area contributed by atoms with Gasteiger partial charge in [-0.15, -0.1) is 5.92 Å². The normalized spacial score (nSPS) is 18.5. The van der Waals surface area contributed by atoms with Gasteiger partial charge in [0.05, 0.1) is 6.54 Å². The molecule has 0 bridgehead atoms. The molecule has 1 aliphatic rings. The lowest BCUT2D eigenvalue weighted by atomic mass is 10.0. The van der Waals surface area contributed by atoms with Gasteiger partial charge >= 0.3 is 0 Å². The molecule has 1 saturated heterocycles. The zero-order valence-corrected chi connectivity index (χ0v) is 11.1. The van der Waals surface area contributed by atoms with Crippen molar-refractivity contribution < 1.29 is 0 Å². The summed E-state index contributed by atoms with van der Waals surface area (Å²) in [6.45, 7) is 9.86. The smallest absolute Gasteiger partial charge is 0.0578 e. The summed E-state index contributed by atoms with van der Waals surface area (Å²) >= 11 is 0. The lowest BCUT2D eigenvalue weighted by Crippen LogP contribution is -2.46. The molecule has 0 saturated carbocycles. The van der Waals surface area contributed by atoms with Gasteiger partial charge in [-0.25, -0.2) is 0 Å².